The van der Waals surface area contributed by atoms with Gasteiger partial charge in [-0.3, -0.25) is 4.90 Å². The summed E-state index contributed by atoms with van der Waals surface area (Å²) in [4.78, 5) is 3.99. The lowest BCUT2D eigenvalue weighted by atomic mass is 10.2. The molecule has 16 heavy (non-hydrogen) atoms. The van der Waals surface area contributed by atoms with Crippen LogP contribution in [0.5, 0.6) is 0 Å². The minimum Gasteiger partial charge on any atom is -0.314 e. The van der Waals surface area contributed by atoms with Gasteiger partial charge >= 0.3 is 0 Å². The first-order valence-corrected chi connectivity index (χ1v) is 6.63. The van der Waals surface area contributed by atoms with E-state index < -0.39 is 0 Å². The molecule has 1 atom stereocenters. The van der Waals surface area contributed by atoms with E-state index in [9.17, 15) is 0 Å². The van der Waals surface area contributed by atoms with Crippen molar-refractivity contribution in [3.05, 3.63) is 20.8 Å². The van der Waals surface area contributed by atoms with Crippen LogP contribution in [0.4, 0.5) is 0 Å². The van der Waals surface area contributed by atoms with E-state index in [0.717, 1.165) is 26.2 Å². The second kappa shape index (κ2) is 7.90. The number of hydrogen-bond acceptors (Lipinski definition) is 3. The van der Waals surface area contributed by atoms with Crippen molar-refractivity contribution >= 4 is 52.1 Å². The Morgan fingerprint density at radius 2 is 2.00 bits per heavy atom. The molecular weight excluding hydrogens is 331 g/mol. The quantitative estimate of drug-likeness (QED) is 0.882. The normalized spacial score (nSPS) is 18.4. The van der Waals surface area contributed by atoms with E-state index in [0.29, 0.717) is 6.04 Å². The minimum atomic E-state index is 0. The van der Waals surface area contributed by atoms with Crippen LogP contribution in [0.3, 0.4) is 0 Å². The Morgan fingerprint density at radius 3 is 2.50 bits per heavy atom. The van der Waals surface area contributed by atoms with Crippen LogP contribution in [-0.2, 0) is 0 Å². The van der Waals surface area contributed by atoms with Crippen LogP contribution in [0.15, 0.2) is 15.9 Å². The van der Waals surface area contributed by atoms with Gasteiger partial charge in [-0.15, -0.1) is 36.2 Å². The standard InChI is InChI=1S/C10H15BrN2S.2ClH/c1-8(10-6-9(11)7-14-10)13-4-2-12-3-5-13;;/h6-8,12H,2-5H2,1H3;2*1H/t8-;;/m0../s1. The fourth-order valence-electron chi connectivity index (χ4n) is 1.80. The maximum atomic E-state index is 3.50. The van der Waals surface area contributed by atoms with Crippen molar-refractivity contribution in [3.63, 3.8) is 0 Å². The third kappa shape index (κ3) is 4.17. The van der Waals surface area contributed by atoms with Crippen molar-refractivity contribution < 1.29 is 0 Å². The molecule has 1 aromatic heterocycles. The molecule has 2 nitrogen and oxygen atoms in total. The van der Waals surface area contributed by atoms with E-state index in [1.807, 2.05) is 11.3 Å². The number of halogens is 3. The lowest BCUT2D eigenvalue weighted by molar-refractivity contribution is 0.188. The maximum Gasteiger partial charge on any atom is 0.0414 e. The molecule has 2 heterocycles. The third-order valence-corrected chi connectivity index (χ3v) is 4.56. The van der Waals surface area contributed by atoms with Crippen molar-refractivity contribution in [2.45, 2.75) is 13.0 Å². The van der Waals surface area contributed by atoms with Crippen molar-refractivity contribution in [3.8, 4) is 0 Å². The predicted molar refractivity (Wildman–Crippen MR) is 79.4 cm³/mol. The second-order valence-electron chi connectivity index (χ2n) is 3.63. The Labute approximate surface area is 122 Å². The molecule has 1 aliphatic heterocycles. The summed E-state index contributed by atoms with van der Waals surface area (Å²) in [7, 11) is 0. The van der Waals surface area contributed by atoms with Gasteiger partial charge in [-0.1, -0.05) is 0 Å². The van der Waals surface area contributed by atoms with Crippen LogP contribution >= 0.6 is 52.1 Å². The fourth-order valence-corrected chi connectivity index (χ4v) is 3.33. The molecule has 0 radical (unpaired) electrons. The first-order chi connectivity index (χ1) is 6.77. The first-order valence-electron chi connectivity index (χ1n) is 4.96. The zero-order valence-electron chi connectivity index (χ0n) is 9.11. The Balaban J connectivity index is 0.00000112. The van der Waals surface area contributed by atoms with Gasteiger partial charge in [0.15, 0.2) is 0 Å². The highest BCUT2D eigenvalue weighted by Crippen LogP contribution is 2.29. The lowest BCUT2D eigenvalue weighted by Gasteiger charge is -2.32. The second-order valence-corrected chi connectivity index (χ2v) is 5.49. The molecule has 6 heteroatoms. The van der Waals surface area contributed by atoms with Crippen molar-refractivity contribution in [1.29, 1.82) is 0 Å². The van der Waals surface area contributed by atoms with Gasteiger partial charge in [-0.2, -0.15) is 0 Å². The van der Waals surface area contributed by atoms with Crippen LogP contribution < -0.4 is 5.32 Å². The summed E-state index contributed by atoms with van der Waals surface area (Å²) in [5, 5.41) is 5.54. The molecule has 0 unspecified atom stereocenters. The Hall–Kier alpha value is 0.680. The summed E-state index contributed by atoms with van der Waals surface area (Å²) >= 11 is 5.35. The van der Waals surface area contributed by atoms with E-state index in [4.69, 9.17) is 0 Å². The monoisotopic (exact) mass is 346 g/mol. The largest absolute Gasteiger partial charge is 0.314 e. The molecule has 1 fully saturated rings. The molecule has 94 valence electrons. The summed E-state index contributed by atoms with van der Waals surface area (Å²) < 4.78 is 1.21. The average molecular weight is 348 g/mol. The molecule has 1 aliphatic rings. The molecule has 0 aromatic carbocycles. The van der Waals surface area contributed by atoms with Crippen molar-refractivity contribution in [2.24, 2.45) is 0 Å². The van der Waals surface area contributed by atoms with Crippen LogP contribution in [0.25, 0.3) is 0 Å². The molecule has 0 amide bonds. The van der Waals surface area contributed by atoms with E-state index in [2.05, 4.69) is 44.5 Å². The molecule has 0 spiro atoms. The van der Waals surface area contributed by atoms with Gasteiger partial charge in [0.05, 0.1) is 0 Å². The minimum absolute atomic E-state index is 0. The average Bonchev–Trinajstić information content (AvgIpc) is 2.65. The Kier molecular flexibility index (Phi) is 8.24. The zero-order valence-corrected chi connectivity index (χ0v) is 13.1. The molecule has 1 N–H and O–H groups in total. The molecule has 0 bridgehead atoms. The van der Waals surface area contributed by atoms with Crippen LogP contribution in [0.1, 0.15) is 17.8 Å². The topological polar surface area (TPSA) is 15.3 Å². The highest BCUT2D eigenvalue weighted by atomic mass is 79.9. The SMILES string of the molecule is C[C@@H](c1cc(Br)cs1)N1CCNCC1.Cl.Cl. The molecule has 1 aromatic rings. The van der Waals surface area contributed by atoms with Crippen LogP contribution in [-0.4, -0.2) is 31.1 Å². The van der Waals surface area contributed by atoms with Crippen molar-refractivity contribution in [2.75, 3.05) is 26.2 Å². The Bertz CT molecular complexity index is 303. The van der Waals surface area contributed by atoms with Gasteiger partial charge in [0, 0.05) is 47.0 Å². The van der Waals surface area contributed by atoms with Crippen LogP contribution in [0.2, 0.25) is 0 Å². The van der Waals surface area contributed by atoms with Crippen LogP contribution in [0, 0.1) is 0 Å². The maximum absolute atomic E-state index is 3.50. The number of nitrogens with one attached hydrogen (secondary N) is 1. The summed E-state index contributed by atoms with van der Waals surface area (Å²) in [5.41, 5.74) is 0. The van der Waals surface area contributed by atoms with Gasteiger partial charge in [-0.25, -0.2) is 0 Å². The summed E-state index contributed by atoms with van der Waals surface area (Å²) in [6.07, 6.45) is 0. The molecular formula is C10H17BrCl2N2S. The van der Waals surface area contributed by atoms with Gasteiger partial charge in [0.2, 0.25) is 0 Å². The first kappa shape index (κ1) is 16.7. The zero-order chi connectivity index (χ0) is 9.97. The van der Waals surface area contributed by atoms with Gasteiger partial charge in [-0.05, 0) is 28.9 Å². The predicted octanol–water partition coefficient (Wildman–Crippen LogP) is 3.32. The smallest absolute Gasteiger partial charge is 0.0414 e. The Morgan fingerprint density at radius 1 is 1.38 bits per heavy atom. The molecule has 0 aliphatic carbocycles. The number of piperazine rings is 1. The van der Waals surface area contributed by atoms with E-state index >= 15 is 0 Å². The van der Waals surface area contributed by atoms with Crippen molar-refractivity contribution in [1.82, 2.24) is 10.2 Å². The number of rotatable bonds is 2. The number of thiophene rings is 1. The number of nitrogens with zero attached hydrogens (tertiary/aromatic N) is 1. The van der Waals surface area contributed by atoms with Gasteiger partial charge < -0.3 is 5.32 Å². The van der Waals surface area contributed by atoms with E-state index in [1.165, 1.54) is 9.35 Å². The van der Waals surface area contributed by atoms with E-state index in [-0.39, 0.29) is 24.8 Å². The van der Waals surface area contributed by atoms with E-state index in [1.54, 1.807) is 0 Å². The molecule has 2 rings (SSSR count). The summed E-state index contributed by atoms with van der Waals surface area (Å²) in [6.45, 7) is 6.87. The summed E-state index contributed by atoms with van der Waals surface area (Å²) in [5.74, 6) is 0. The highest BCUT2D eigenvalue weighted by Gasteiger charge is 2.18. The summed E-state index contributed by atoms with van der Waals surface area (Å²) in [6, 6.07) is 2.80. The molecule has 0 saturated carbocycles. The van der Waals surface area contributed by atoms with Gasteiger partial charge in [0.1, 0.15) is 0 Å². The fraction of sp³-hybridized carbons (Fsp3) is 0.600. The van der Waals surface area contributed by atoms with Gasteiger partial charge in [0.25, 0.3) is 0 Å². The third-order valence-electron chi connectivity index (χ3n) is 2.70. The molecule has 1 saturated heterocycles. The number of hydrogen-bond donors (Lipinski definition) is 1. The lowest BCUT2D eigenvalue weighted by Crippen LogP contribution is -2.44. The highest BCUT2D eigenvalue weighted by molar-refractivity contribution is 9.10.